The molecule has 3 aromatic carbocycles. The van der Waals surface area contributed by atoms with Gasteiger partial charge >= 0.3 is 0 Å². The molecule has 0 amide bonds. The fourth-order valence-corrected chi connectivity index (χ4v) is 5.36. The molecule has 1 heterocycles. The van der Waals surface area contributed by atoms with Crippen LogP contribution in [0.5, 0.6) is 0 Å². The zero-order valence-electron chi connectivity index (χ0n) is 23.7. The van der Waals surface area contributed by atoms with Gasteiger partial charge in [-0.2, -0.15) is 0 Å². The quantitative estimate of drug-likeness (QED) is 0.221. The molecular formula is C35H40N4. The third kappa shape index (κ3) is 6.57. The predicted molar refractivity (Wildman–Crippen MR) is 164 cm³/mol. The lowest BCUT2D eigenvalue weighted by Gasteiger charge is -2.24. The molecule has 0 spiro atoms. The minimum atomic E-state index is 0.120. The Balaban J connectivity index is 1.31. The number of allylic oxidation sites excluding steroid dienone is 2. The molecule has 1 aliphatic rings. The summed E-state index contributed by atoms with van der Waals surface area (Å²) < 4.78 is 0. The summed E-state index contributed by atoms with van der Waals surface area (Å²) in [5, 5.41) is 7.36. The van der Waals surface area contributed by atoms with E-state index in [2.05, 4.69) is 110 Å². The van der Waals surface area contributed by atoms with Crippen LogP contribution in [0.25, 0.3) is 11.3 Å². The van der Waals surface area contributed by atoms with Crippen LogP contribution in [-0.4, -0.2) is 9.97 Å². The van der Waals surface area contributed by atoms with Crippen molar-refractivity contribution in [3.8, 4) is 11.3 Å². The van der Waals surface area contributed by atoms with Crippen molar-refractivity contribution in [2.75, 3.05) is 10.6 Å². The summed E-state index contributed by atoms with van der Waals surface area (Å²) in [5.74, 6) is 0.800. The average molecular weight is 517 g/mol. The number of nitrogens with one attached hydrogen (secondary N) is 2. The van der Waals surface area contributed by atoms with E-state index in [9.17, 15) is 0 Å². The first-order valence-electron chi connectivity index (χ1n) is 14.3. The monoisotopic (exact) mass is 516 g/mol. The molecule has 1 aliphatic carbocycles. The molecule has 0 saturated heterocycles. The number of nitrogens with zero attached hydrogens (tertiary/aromatic N) is 2. The van der Waals surface area contributed by atoms with Gasteiger partial charge in [-0.15, -0.1) is 0 Å². The number of aromatic nitrogens is 2. The maximum absolute atomic E-state index is 4.69. The summed E-state index contributed by atoms with van der Waals surface area (Å²) in [4.78, 5) is 9.34. The van der Waals surface area contributed by atoms with Crippen molar-refractivity contribution < 1.29 is 0 Å². The van der Waals surface area contributed by atoms with Gasteiger partial charge in [0.25, 0.3) is 0 Å². The van der Waals surface area contributed by atoms with Gasteiger partial charge in [-0.25, -0.2) is 4.98 Å². The molecule has 4 aromatic rings. The Morgan fingerprint density at radius 2 is 1.59 bits per heavy atom. The van der Waals surface area contributed by atoms with Gasteiger partial charge in [0.15, 0.2) is 5.82 Å². The molecule has 1 unspecified atom stereocenters. The van der Waals surface area contributed by atoms with E-state index in [1.165, 1.54) is 59.2 Å². The molecule has 5 rings (SSSR count). The van der Waals surface area contributed by atoms with Crippen LogP contribution in [0, 0.1) is 13.8 Å². The highest BCUT2D eigenvalue weighted by Gasteiger charge is 2.17. The maximum atomic E-state index is 4.69. The maximum Gasteiger partial charge on any atom is 0.153 e. The van der Waals surface area contributed by atoms with E-state index in [1.54, 1.807) is 18.0 Å². The van der Waals surface area contributed by atoms with Crippen LogP contribution in [0.2, 0.25) is 0 Å². The van der Waals surface area contributed by atoms with Gasteiger partial charge in [0, 0.05) is 35.8 Å². The van der Waals surface area contributed by atoms with Crippen molar-refractivity contribution >= 4 is 11.5 Å². The summed E-state index contributed by atoms with van der Waals surface area (Å²) in [6.45, 7) is 8.70. The third-order valence-electron chi connectivity index (χ3n) is 7.72. The summed E-state index contributed by atoms with van der Waals surface area (Å²) in [6.07, 6.45) is 10.5. The minimum Gasteiger partial charge on any atom is -0.362 e. The van der Waals surface area contributed by atoms with Crippen molar-refractivity contribution in [1.82, 2.24) is 9.97 Å². The van der Waals surface area contributed by atoms with Gasteiger partial charge in [-0.05, 0) is 80.8 Å². The van der Waals surface area contributed by atoms with Gasteiger partial charge in [0.2, 0.25) is 0 Å². The molecule has 2 N–H and O–H groups in total. The third-order valence-corrected chi connectivity index (χ3v) is 7.72. The fraction of sp³-hybridized carbons (Fsp3) is 0.314. The molecule has 4 nitrogen and oxygen atoms in total. The molecule has 200 valence electrons. The number of benzene rings is 3. The fourth-order valence-electron chi connectivity index (χ4n) is 5.36. The van der Waals surface area contributed by atoms with Gasteiger partial charge < -0.3 is 10.6 Å². The molecule has 0 bridgehead atoms. The highest BCUT2D eigenvalue weighted by molar-refractivity contribution is 5.73. The van der Waals surface area contributed by atoms with E-state index >= 15 is 0 Å². The summed E-state index contributed by atoms with van der Waals surface area (Å²) in [5.41, 5.74) is 12.5. The predicted octanol–water partition coefficient (Wildman–Crippen LogP) is 8.98. The highest BCUT2D eigenvalue weighted by atomic mass is 15.0. The zero-order valence-corrected chi connectivity index (χ0v) is 23.7. The second kappa shape index (κ2) is 12.3. The zero-order chi connectivity index (χ0) is 27.2. The van der Waals surface area contributed by atoms with E-state index in [-0.39, 0.29) is 6.04 Å². The van der Waals surface area contributed by atoms with Gasteiger partial charge in [0.05, 0.1) is 6.04 Å². The Bertz CT molecular complexity index is 1430. The Morgan fingerprint density at radius 3 is 2.26 bits per heavy atom. The van der Waals surface area contributed by atoms with E-state index < -0.39 is 0 Å². The van der Waals surface area contributed by atoms with Crippen molar-refractivity contribution in [3.05, 3.63) is 118 Å². The summed E-state index contributed by atoms with van der Waals surface area (Å²) in [6, 6.07) is 24.5. The first-order chi connectivity index (χ1) is 19.0. The van der Waals surface area contributed by atoms with Gasteiger partial charge in [-0.1, -0.05) is 79.1 Å². The highest BCUT2D eigenvalue weighted by Crippen LogP contribution is 2.33. The Hall–Kier alpha value is -3.92. The average Bonchev–Trinajstić information content (AvgIpc) is 2.90. The van der Waals surface area contributed by atoms with E-state index in [0.717, 1.165) is 35.6 Å². The van der Waals surface area contributed by atoms with Crippen molar-refractivity contribution in [3.63, 3.8) is 0 Å². The largest absolute Gasteiger partial charge is 0.362 e. The first kappa shape index (κ1) is 26.7. The normalized spacial score (nSPS) is 13.5. The van der Waals surface area contributed by atoms with Crippen molar-refractivity contribution in [2.24, 2.45) is 0 Å². The van der Waals surface area contributed by atoms with E-state index in [1.807, 2.05) is 0 Å². The van der Waals surface area contributed by atoms with Crippen molar-refractivity contribution in [1.29, 1.82) is 0 Å². The molecule has 1 atom stereocenters. The Kier molecular flexibility index (Phi) is 8.41. The lowest BCUT2D eigenvalue weighted by Crippen LogP contribution is -2.12. The molecule has 39 heavy (non-hydrogen) atoms. The summed E-state index contributed by atoms with van der Waals surface area (Å²) >= 11 is 0. The first-order valence-corrected chi connectivity index (χ1v) is 14.3. The van der Waals surface area contributed by atoms with Crippen molar-refractivity contribution in [2.45, 2.75) is 72.3 Å². The second-order valence-electron chi connectivity index (χ2n) is 10.9. The van der Waals surface area contributed by atoms with E-state index in [0.29, 0.717) is 0 Å². The van der Waals surface area contributed by atoms with Crippen LogP contribution in [0.3, 0.4) is 0 Å². The molecular weight excluding hydrogens is 476 g/mol. The smallest absolute Gasteiger partial charge is 0.153 e. The minimum absolute atomic E-state index is 0.120. The molecule has 1 saturated carbocycles. The lowest BCUT2D eigenvalue weighted by atomic mass is 9.88. The Labute approximate surface area is 233 Å². The van der Waals surface area contributed by atoms with Crippen LogP contribution < -0.4 is 10.6 Å². The number of anilines is 2. The lowest BCUT2D eigenvalue weighted by molar-refractivity contribution is 0.647. The molecule has 1 aromatic heterocycles. The van der Waals surface area contributed by atoms with Crippen LogP contribution in [-0.2, 0) is 12.8 Å². The number of hydrogen-bond acceptors (Lipinski definition) is 4. The Morgan fingerprint density at radius 1 is 0.872 bits per heavy atom. The van der Waals surface area contributed by atoms with Crippen LogP contribution in [0.15, 0.2) is 90.4 Å². The van der Waals surface area contributed by atoms with Crippen LogP contribution in [0.4, 0.5) is 11.5 Å². The molecule has 0 aliphatic heterocycles. The number of aryl methyl sites for hydroxylation is 3. The van der Waals surface area contributed by atoms with E-state index in [4.69, 9.17) is 4.98 Å². The van der Waals surface area contributed by atoms with Crippen LogP contribution in [0.1, 0.15) is 73.4 Å². The number of rotatable bonds is 10. The van der Waals surface area contributed by atoms with Crippen LogP contribution >= 0.6 is 0 Å². The standard InChI is InChI=1S/C35H40N4/c1-5-7-27-11-13-28(14-12-27)23-33(29-8-6-9-29)39-31-17-15-30(16-18-31)34-35(37-21-20-36-34)38-26(4)32-19-10-24(2)22-25(32)3/h10-22,26,39H,5-9,23H2,1-4H3,(H,37,38). The summed E-state index contributed by atoms with van der Waals surface area (Å²) in [7, 11) is 0. The van der Waals surface area contributed by atoms with Gasteiger partial charge in [-0.3, -0.25) is 4.98 Å². The molecule has 1 fully saturated rings. The van der Waals surface area contributed by atoms with Gasteiger partial charge in [0.1, 0.15) is 5.69 Å². The number of hydrogen-bond donors (Lipinski definition) is 2. The second-order valence-corrected chi connectivity index (χ2v) is 10.9. The topological polar surface area (TPSA) is 49.8 Å². The SMILES string of the molecule is CCCc1ccc(CC(Nc2ccc(-c3nccnc3NC(C)c3ccc(C)cc3C)cc2)=C2CCC2)cc1. The molecule has 0 radical (unpaired) electrons. The molecule has 4 heteroatoms.